The maximum atomic E-state index is 13.2. The third-order valence-electron chi connectivity index (χ3n) is 6.00. The van der Waals surface area contributed by atoms with Gasteiger partial charge in [-0.3, -0.25) is 19.7 Å². The maximum Gasteiger partial charge on any atom is 0.411 e. The van der Waals surface area contributed by atoms with Crippen LogP contribution in [0.1, 0.15) is 35.2 Å². The zero-order chi connectivity index (χ0) is 28.5. The number of aromatic nitrogens is 4. The molecule has 3 aromatic rings. The van der Waals surface area contributed by atoms with Crippen molar-refractivity contribution in [1.29, 1.82) is 0 Å². The monoisotopic (exact) mass is 566 g/mol. The number of fused-ring (bicyclic) bond motifs is 1. The van der Waals surface area contributed by atoms with E-state index in [0.29, 0.717) is 23.6 Å². The van der Waals surface area contributed by atoms with Gasteiger partial charge in [0.15, 0.2) is 0 Å². The second kappa shape index (κ2) is 13.3. The van der Waals surface area contributed by atoms with Gasteiger partial charge in [-0.1, -0.05) is 23.8 Å². The van der Waals surface area contributed by atoms with Gasteiger partial charge in [0, 0.05) is 23.7 Å². The molecule has 0 aliphatic carbocycles. The Hall–Kier alpha value is -4.78. The molecule has 0 saturated heterocycles. The lowest BCUT2D eigenvalue weighted by molar-refractivity contribution is -0.123. The number of hydrogen-bond donors (Lipinski definition) is 4. The number of methoxy groups -OCH3 is 1. The summed E-state index contributed by atoms with van der Waals surface area (Å²) in [5.41, 5.74) is 2.20. The molecule has 2 aromatic carbocycles. The minimum atomic E-state index is -0.877. The van der Waals surface area contributed by atoms with Crippen LogP contribution in [0.15, 0.2) is 54.9 Å². The molecule has 0 unspecified atom stereocenters. The van der Waals surface area contributed by atoms with Crippen LogP contribution < -0.4 is 21.3 Å². The number of ether oxygens (including phenoxy) is 1. The van der Waals surface area contributed by atoms with E-state index >= 15 is 0 Å². The van der Waals surface area contributed by atoms with Crippen molar-refractivity contribution < 1.29 is 23.9 Å². The molecule has 1 aliphatic heterocycles. The van der Waals surface area contributed by atoms with Crippen molar-refractivity contribution in [2.75, 3.05) is 24.3 Å². The molecule has 14 heteroatoms. The van der Waals surface area contributed by atoms with Crippen LogP contribution in [0.2, 0.25) is 5.02 Å². The molecule has 0 radical (unpaired) electrons. The van der Waals surface area contributed by atoms with Crippen molar-refractivity contribution in [2.24, 2.45) is 0 Å². The summed E-state index contributed by atoms with van der Waals surface area (Å²) >= 11 is 6.18. The van der Waals surface area contributed by atoms with Gasteiger partial charge in [0.05, 0.1) is 24.0 Å². The zero-order valence-electron chi connectivity index (χ0n) is 21.5. The first-order valence-electron chi connectivity index (χ1n) is 12.4. The largest absolute Gasteiger partial charge is 0.453 e. The van der Waals surface area contributed by atoms with Crippen molar-refractivity contribution in [1.82, 2.24) is 30.8 Å². The molecular weight excluding hydrogens is 540 g/mol. The van der Waals surface area contributed by atoms with E-state index in [1.54, 1.807) is 30.4 Å². The number of tetrazole rings is 1. The Morgan fingerprint density at radius 3 is 2.80 bits per heavy atom. The van der Waals surface area contributed by atoms with Crippen LogP contribution in [0.25, 0.3) is 5.69 Å². The van der Waals surface area contributed by atoms with Gasteiger partial charge < -0.3 is 20.7 Å². The van der Waals surface area contributed by atoms with E-state index in [0.717, 1.165) is 11.3 Å². The molecule has 208 valence electrons. The number of nitrogens with zero attached hydrogens (tertiary/aromatic N) is 4. The molecule has 13 nitrogen and oxygen atoms in total. The Kier molecular flexibility index (Phi) is 9.41. The van der Waals surface area contributed by atoms with Gasteiger partial charge in [-0.15, -0.1) is 5.10 Å². The van der Waals surface area contributed by atoms with Gasteiger partial charge >= 0.3 is 6.09 Å². The highest BCUT2D eigenvalue weighted by Crippen LogP contribution is 2.23. The summed E-state index contributed by atoms with van der Waals surface area (Å²) in [7, 11) is 1.22. The number of halogens is 1. The topological polar surface area (TPSA) is 169 Å². The molecule has 40 heavy (non-hydrogen) atoms. The number of nitrogens with one attached hydrogen (secondary N) is 4. The molecule has 1 aliphatic rings. The van der Waals surface area contributed by atoms with Crippen LogP contribution in [0.3, 0.4) is 0 Å². The van der Waals surface area contributed by atoms with Gasteiger partial charge in [-0.25, -0.2) is 9.48 Å². The highest BCUT2D eigenvalue weighted by atomic mass is 35.5. The predicted octanol–water partition coefficient (Wildman–Crippen LogP) is 2.63. The molecule has 0 spiro atoms. The lowest BCUT2D eigenvalue weighted by Gasteiger charge is -2.20. The Labute approximate surface area is 234 Å². The molecule has 4 rings (SSSR count). The zero-order valence-corrected chi connectivity index (χ0v) is 22.3. The fourth-order valence-electron chi connectivity index (χ4n) is 4.03. The number of hydrogen-bond acceptors (Lipinski definition) is 8. The third kappa shape index (κ3) is 7.41. The maximum absolute atomic E-state index is 13.2. The van der Waals surface area contributed by atoms with Crippen LogP contribution in [-0.2, 0) is 20.7 Å². The fraction of sp³-hybridized carbons (Fsp3) is 0.269. The van der Waals surface area contributed by atoms with Crippen LogP contribution in [0.4, 0.5) is 16.2 Å². The van der Waals surface area contributed by atoms with E-state index in [1.807, 2.05) is 0 Å². The van der Waals surface area contributed by atoms with E-state index in [1.165, 1.54) is 36.3 Å². The summed E-state index contributed by atoms with van der Waals surface area (Å²) in [5.74, 6) is -1.24. The highest BCUT2D eigenvalue weighted by Gasteiger charge is 2.23. The molecule has 4 amide bonds. The smallest absolute Gasteiger partial charge is 0.411 e. The molecular formula is C26H27ClN8O5. The summed E-state index contributed by atoms with van der Waals surface area (Å²) < 4.78 is 6.11. The quantitative estimate of drug-likeness (QED) is 0.330. The Morgan fingerprint density at radius 2 is 2.02 bits per heavy atom. The fourth-order valence-corrected chi connectivity index (χ4v) is 4.22. The number of allylic oxidation sites excluding steroid dienone is 1. The summed E-state index contributed by atoms with van der Waals surface area (Å²) in [6, 6.07) is 8.81. The molecule has 1 atom stereocenters. The summed E-state index contributed by atoms with van der Waals surface area (Å²) in [4.78, 5) is 50.4. The Morgan fingerprint density at radius 1 is 1.18 bits per heavy atom. The SMILES string of the molecule is COC(=O)Nc1ccc2c(c1)NC(=O)CC/C=C/C[C@@H](C(=O)NCCc1cc(Cl)ccc1-n1cnnn1)NC2=O. The van der Waals surface area contributed by atoms with Gasteiger partial charge in [-0.05, 0) is 71.7 Å². The Balaban J connectivity index is 1.48. The predicted molar refractivity (Wildman–Crippen MR) is 146 cm³/mol. The molecule has 1 aromatic heterocycles. The van der Waals surface area contributed by atoms with Crippen molar-refractivity contribution in [3.05, 3.63) is 71.0 Å². The number of anilines is 2. The number of benzene rings is 2. The van der Waals surface area contributed by atoms with Gasteiger partial charge in [0.2, 0.25) is 11.8 Å². The lowest BCUT2D eigenvalue weighted by atomic mass is 10.1. The molecule has 0 fully saturated rings. The first kappa shape index (κ1) is 28.2. The first-order valence-corrected chi connectivity index (χ1v) is 12.8. The summed E-state index contributed by atoms with van der Waals surface area (Å²) in [5, 5.41) is 22.6. The third-order valence-corrected chi connectivity index (χ3v) is 6.23. The summed E-state index contributed by atoms with van der Waals surface area (Å²) in [6.45, 7) is 0.263. The van der Waals surface area contributed by atoms with Crippen LogP contribution in [-0.4, -0.2) is 63.7 Å². The number of carbonyl (C=O) groups is 4. The van der Waals surface area contributed by atoms with Crippen molar-refractivity contribution in [2.45, 2.75) is 31.7 Å². The van der Waals surface area contributed by atoms with Gasteiger partial charge in [0.25, 0.3) is 5.91 Å². The normalized spacial score (nSPS) is 16.3. The minimum Gasteiger partial charge on any atom is -0.453 e. The van der Waals surface area contributed by atoms with Crippen LogP contribution in [0.5, 0.6) is 0 Å². The molecule has 0 saturated carbocycles. The van der Waals surface area contributed by atoms with E-state index < -0.39 is 18.0 Å². The lowest BCUT2D eigenvalue weighted by Crippen LogP contribution is -2.47. The molecule has 2 heterocycles. The van der Waals surface area contributed by atoms with E-state index in [9.17, 15) is 19.2 Å². The van der Waals surface area contributed by atoms with Crippen molar-refractivity contribution in [3.8, 4) is 5.69 Å². The van der Waals surface area contributed by atoms with Crippen LogP contribution in [0, 0.1) is 0 Å². The van der Waals surface area contributed by atoms with E-state index in [2.05, 4.69) is 41.5 Å². The number of rotatable bonds is 6. The summed E-state index contributed by atoms with van der Waals surface area (Å²) in [6.07, 6.45) is 5.59. The average molecular weight is 567 g/mol. The average Bonchev–Trinajstić information content (AvgIpc) is 3.46. The van der Waals surface area contributed by atoms with Crippen molar-refractivity contribution >= 4 is 46.8 Å². The van der Waals surface area contributed by atoms with E-state index in [4.69, 9.17) is 11.6 Å². The molecule has 0 bridgehead atoms. The van der Waals surface area contributed by atoms with Gasteiger partial charge in [0.1, 0.15) is 12.4 Å². The Bertz CT molecular complexity index is 1430. The van der Waals surface area contributed by atoms with Crippen molar-refractivity contribution in [3.63, 3.8) is 0 Å². The number of amides is 4. The number of carbonyl (C=O) groups excluding carboxylic acids is 4. The second-order valence-electron chi connectivity index (χ2n) is 8.77. The van der Waals surface area contributed by atoms with Gasteiger partial charge in [-0.2, -0.15) is 0 Å². The minimum absolute atomic E-state index is 0.135. The highest BCUT2D eigenvalue weighted by molar-refractivity contribution is 6.30. The molecule has 4 N–H and O–H groups in total. The first-order chi connectivity index (χ1) is 19.3. The standard InChI is InChI=1S/C26H27ClN8O5/c1-40-26(39)30-18-8-9-19-21(14-18)31-23(36)6-4-2-3-5-20(32-24(19)37)25(38)28-12-11-16-13-17(27)7-10-22(16)35-15-29-33-34-35/h2-3,7-10,13-15,20H,4-6,11-12H2,1H3,(H,28,38)(H,30,39)(H,31,36)(H,32,37)/b3-2+/t20-/m0/s1. The van der Waals surface area contributed by atoms with E-state index in [-0.39, 0.29) is 42.5 Å². The van der Waals surface area contributed by atoms with Crippen LogP contribution >= 0.6 is 11.6 Å². The second-order valence-corrected chi connectivity index (χ2v) is 9.20.